The maximum absolute atomic E-state index is 8.92. The van der Waals surface area contributed by atoms with Crippen LogP contribution in [0.15, 0.2) is 72.8 Å². The van der Waals surface area contributed by atoms with Gasteiger partial charge >= 0.3 is 0 Å². The molecule has 0 bridgehead atoms. The quantitative estimate of drug-likeness (QED) is 0.789. The minimum Gasteiger partial charge on any atom is -0.392 e. The smallest absolute Gasteiger partial charge is 0.0612 e. The van der Waals surface area contributed by atoms with Crippen LogP contribution in [0.1, 0.15) is 17.0 Å². The lowest BCUT2D eigenvalue weighted by Crippen LogP contribution is -1.97. The molecule has 2 aromatic carbocycles. The Morgan fingerprint density at radius 1 is 0.824 bits per heavy atom. The zero-order chi connectivity index (χ0) is 11.9. The van der Waals surface area contributed by atoms with Gasteiger partial charge in [0.2, 0.25) is 0 Å². The summed E-state index contributed by atoms with van der Waals surface area (Å²) in [6.07, 6.45) is 3.84. The molecule has 0 aromatic heterocycles. The first kappa shape index (κ1) is 11.6. The van der Waals surface area contributed by atoms with Gasteiger partial charge < -0.3 is 5.11 Å². The summed E-state index contributed by atoms with van der Waals surface area (Å²) in [5, 5.41) is 8.92. The monoisotopic (exact) mass is 224 g/mol. The van der Waals surface area contributed by atoms with Gasteiger partial charge in [0.15, 0.2) is 0 Å². The van der Waals surface area contributed by atoms with Gasteiger partial charge in [0, 0.05) is 5.92 Å². The van der Waals surface area contributed by atoms with Crippen LogP contribution in [-0.2, 0) is 0 Å². The molecule has 86 valence electrons. The average Bonchev–Trinajstić information content (AvgIpc) is 2.42. The van der Waals surface area contributed by atoms with Crippen molar-refractivity contribution in [3.8, 4) is 0 Å². The van der Waals surface area contributed by atoms with Crippen LogP contribution in [0.3, 0.4) is 0 Å². The molecule has 0 atom stereocenters. The molecule has 0 fully saturated rings. The number of aliphatic hydroxyl groups excluding tert-OH is 1. The third-order valence-corrected chi connectivity index (χ3v) is 2.75. The number of hydrogen-bond donors (Lipinski definition) is 1. The van der Waals surface area contributed by atoms with E-state index in [1.807, 2.05) is 42.5 Å². The summed E-state index contributed by atoms with van der Waals surface area (Å²) in [6.45, 7) is 0.0795. The van der Waals surface area contributed by atoms with Crippen LogP contribution in [0.2, 0.25) is 0 Å². The van der Waals surface area contributed by atoms with Gasteiger partial charge in [-0.25, -0.2) is 0 Å². The molecule has 0 aliphatic carbocycles. The highest BCUT2D eigenvalue weighted by Gasteiger charge is 2.09. The maximum atomic E-state index is 8.92. The van der Waals surface area contributed by atoms with E-state index in [1.165, 1.54) is 11.1 Å². The van der Waals surface area contributed by atoms with Gasteiger partial charge in [-0.15, -0.1) is 0 Å². The van der Waals surface area contributed by atoms with Crippen molar-refractivity contribution in [1.82, 2.24) is 0 Å². The predicted octanol–water partition coefficient (Wildman–Crippen LogP) is 3.37. The third kappa shape index (κ3) is 3.05. The molecule has 0 aliphatic rings. The van der Waals surface area contributed by atoms with E-state index in [9.17, 15) is 0 Å². The van der Waals surface area contributed by atoms with Crippen LogP contribution >= 0.6 is 0 Å². The normalized spacial score (nSPS) is 11.2. The van der Waals surface area contributed by atoms with E-state index in [0.717, 1.165) is 0 Å². The summed E-state index contributed by atoms with van der Waals surface area (Å²) in [4.78, 5) is 0. The summed E-state index contributed by atoms with van der Waals surface area (Å²) < 4.78 is 0. The molecule has 1 N–H and O–H groups in total. The van der Waals surface area contributed by atoms with Crippen molar-refractivity contribution in [1.29, 1.82) is 0 Å². The molecule has 0 saturated heterocycles. The van der Waals surface area contributed by atoms with Crippen molar-refractivity contribution >= 4 is 0 Å². The topological polar surface area (TPSA) is 20.2 Å². The minimum atomic E-state index is 0.0795. The molecule has 0 radical (unpaired) electrons. The molecule has 0 unspecified atom stereocenters. The second-order valence-electron chi connectivity index (χ2n) is 3.91. The van der Waals surface area contributed by atoms with Gasteiger partial charge in [-0.2, -0.15) is 0 Å². The van der Waals surface area contributed by atoms with Gasteiger partial charge in [0.1, 0.15) is 0 Å². The number of aliphatic hydroxyl groups is 1. The highest BCUT2D eigenvalue weighted by atomic mass is 16.2. The van der Waals surface area contributed by atoms with E-state index in [4.69, 9.17) is 5.11 Å². The molecule has 1 heteroatoms. The van der Waals surface area contributed by atoms with Crippen LogP contribution in [0.4, 0.5) is 0 Å². The number of hydrogen-bond acceptors (Lipinski definition) is 1. The molecular weight excluding hydrogens is 208 g/mol. The van der Waals surface area contributed by atoms with Crippen molar-refractivity contribution in [3.63, 3.8) is 0 Å². The van der Waals surface area contributed by atoms with Gasteiger partial charge in [-0.3, -0.25) is 0 Å². The molecule has 0 spiro atoms. The molecule has 17 heavy (non-hydrogen) atoms. The van der Waals surface area contributed by atoms with Gasteiger partial charge in [0.25, 0.3) is 0 Å². The van der Waals surface area contributed by atoms with E-state index < -0.39 is 0 Å². The Labute approximate surface area is 102 Å². The van der Waals surface area contributed by atoms with Crippen LogP contribution in [-0.4, -0.2) is 11.7 Å². The minimum absolute atomic E-state index is 0.0795. The number of benzene rings is 2. The highest BCUT2D eigenvalue weighted by Crippen LogP contribution is 2.25. The summed E-state index contributed by atoms with van der Waals surface area (Å²) in [5.74, 6) is 0.213. The molecule has 1 nitrogen and oxygen atoms in total. The molecule has 2 rings (SSSR count). The molecular formula is C16H16O. The Bertz CT molecular complexity index is 420. The fourth-order valence-electron chi connectivity index (χ4n) is 1.93. The lowest BCUT2D eigenvalue weighted by atomic mass is 9.91. The highest BCUT2D eigenvalue weighted by molar-refractivity contribution is 5.36. The molecule has 0 saturated carbocycles. The number of rotatable bonds is 4. The zero-order valence-corrected chi connectivity index (χ0v) is 9.66. The van der Waals surface area contributed by atoms with E-state index in [-0.39, 0.29) is 12.5 Å². The maximum Gasteiger partial charge on any atom is 0.0612 e. The second kappa shape index (κ2) is 6.02. The first-order valence-corrected chi connectivity index (χ1v) is 5.79. The summed E-state index contributed by atoms with van der Waals surface area (Å²) in [7, 11) is 0. The van der Waals surface area contributed by atoms with E-state index in [2.05, 4.69) is 24.3 Å². The van der Waals surface area contributed by atoms with Gasteiger partial charge in [-0.05, 0) is 11.1 Å². The Morgan fingerprint density at radius 3 is 1.71 bits per heavy atom. The second-order valence-corrected chi connectivity index (χ2v) is 3.91. The summed E-state index contributed by atoms with van der Waals surface area (Å²) in [5.41, 5.74) is 2.48. The Hall–Kier alpha value is -1.86. The fraction of sp³-hybridized carbons (Fsp3) is 0.125. The van der Waals surface area contributed by atoms with Crippen molar-refractivity contribution < 1.29 is 5.11 Å². The summed E-state index contributed by atoms with van der Waals surface area (Å²) in [6, 6.07) is 20.6. The van der Waals surface area contributed by atoms with Crippen molar-refractivity contribution in [2.75, 3.05) is 6.61 Å². The first-order valence-electron chi connectivity index (χ1n) is 5.79. The van der Waals surface area contributed by atoms with Crippen LogP contribution in [0.5, 0.6) is 0 Å². The van der Waals surface area contributed by atoms with Crippen molar-refractivity contribution in [3.05, 3.63) is 83.9 Å². The average molecular weight is 224 g/mol. The first-order chi connectivity index (χ1) is 8.42. The lowest BCUT2D eigenvalue weighted by Gasteiger charge is -2.13. The zero-order valence-electron chi connectivity index (χ0n) is 9.66. The third-order valence-electron chi connectivity index (χ3n) is 2.75. The van der Waals surface area contributed by atoms with Crippen molar-refractivity contribution in [2.45, 2.75) is 5.92 Å². The fourth-order valence-corrected chi connectivity index (χ4v) is 1.93. The Kier molecular flexibility index (Phi) is 4.11. The molecule has 0 aliphatic heterocycles. The largest absolute Gasteiger partial charge is 0.392 e. The standard InChI is InChI=1S/C16H16O/c17-13-7-12-16(14-8-3-1-4-9-14)15-10-5-2-6-11-15/h1-12,16-17H,13H2/b12-7-. The predicted molar refractivity (Wildman–Crippen MR) is 71.0 cm³/mol. The van der Waals surface area contributed by atoms with E-state index >= 15 is 0 Å². The van der Waals surface area contributed by atoms with Crippen LogP contribution in [0, 0.1) is 0 Å². The Balaban J connectivity index is 2.36. The van der Waals surface area contributed by atoms with Gasteiger partial charge in [0.05, 0.1) is 6.61 Å². The van der Waals surface area contributed by atoms with Gasteiger partial charge in [-0.1, -0.05) is 72.8 Å². The number of allylic oxidation sites excluding steroid dienone is 1. The Morgan fingerprint density at radius 2 is 1.29 bits per heavy atom. The van der Waals surface area contributed by atoms with Crippen LogP contribution < -0.4 is 0 Å². The molecule has 0 amide bonds. The SMILES string of the molecule is OC/C=C\C(c1ccccc1)c1ccccc1. The van der Waals surface area contributed by atoms with Crippen LogP contribution in [0.25, 0.3) is 0 Å². The van der Waals surface area contributed by atoms with E-state index in [0.29, 0.717) is 0 Å². The molecule has 2 aromatic rings. The van der Waals surface area contributed by atoms with Crippen molar-refractivity contribution in [2.24, 2.45) is 0 Å². The summed E-state index contributed by atoms with van der Waals surface area (Å²) >= 11 is 0. The molecule has 0 heterocycles. The van der Waals surface area contributed by atoms with E-state index in [1.54, 1.807) is 6.08 Å². The lowest BCUT2D eigenvalue weighted by molar-refractivity contribution is 0.342.